The Hall–Kier alpha value is -1.92. The van der Waals surface area contributed by atoms with E-state index in [0.717, 1.165) is 20.3 Å². The molecule has 0 rings (SSSR count). The Morgan fingerprint density at radius 1 is 0.952 bits per heavy atom. The van der Waals surface area contributed by atoms with Crippen LogP contribution in [0.5, 0.6) is 0 Å². The van der Waals surface area contributed by atoms with Crippen LogP contribution in [0.1, 0.15) is 47.0 Å². The number of rotatable bonds is 9. The summed E-state index contributed by atoms with van der Waals surface area (Å²) in [5.74, 6) is -1.92. The van der Waals surface area contributed by atoms with Gasteiger partial charge in [-0.3, -0.25) is 19.2 Å². The van der Waals surface area contributed by atoms with Crippen LogP contribution in [0.4, 0.5) is 0 Å². The lowest BCUT2D eigenvalue weighted by Crippen LogP contribution is -2.45. The van der Waals surface area contributed by atoms with Gasteiger partial charge in [-0.2, -0.15) is 0 Å². The zero-order valence-corrected chi connectivity index (χ0v) is 12.8. The smallest absolute Gasteiger partial charge is 0.303 e. The van der Waals surface area contributed by atoms with Gasteiger partial charge < -0.3 is 14.2 Å². The van der Waals surface area contributed by atoms with Gasteiger partial charge >= 0.3 is 17.9 Å². The summed E-state index contributed by atoms with van der Waals surface area (Å²) in [5.41, 5.74) is 0. The first-order valence-corrected chi connectivity index (χ1v) is 6.78. The first-order valence-electron chi connectivity index (χ1n) is 6.78. The van der Waals surface area contributed by atoms with Crippen molar-refractivity contribution in [3.8, 4) is 0 Å². The molecule has 0 aromatic carbocycles. The molecule has 0 aliphatic rings. The quantitative estimate of drug-likeness (QED) is 0.358. The third-order valence-electron chi connectivity index (χ3n) is 2.59. The molecule has 0 bridgehead atoms. The lowest BCUT2D eigenvalue weighted by Gasteiger charge is -2.29. The Kier molecular flexibility index (Phi) is 9.00. The lowest BCUT2D eigenvalue weighted by molar-refractivity contribution is -0.183. The molecule has 0 aromatic heterocycles. The standard InChI is InChI=1S/C14H22O7/c1-5-6-7-12(19-9(2)16)14(21-11(4)18)13(8-15)20-10(3)17/h8,12-14H,5-7H2,1-4H3/t12-,13+,14+/m0/s1. The van der Waals surface area contributed by atoms with E-state index in [-0.39, 0.29) is 0 Å². The van der Waals surface area contributed by atoms with Crippen molar-refractivity contribution in [1.82, 2.24) is 0 Å². The molecule has 0 saturated carbocycles. The molecule has 0 saturated heterocycles. The SMILES string of the molecule is CCCC[C@H](OC(C)=O)[C@@H](OC(C)=O)[C@@H](C=O)OC(C)=O. The second-order valence-corrected chi connectivity index (χ2v) is 4.57. The van der Waals surface area contributed by atoms with Crippen LogP contribution in [-0.2, 0) is 33.4 Å². The first kappa shape index (κ1) is 19.1. The zero-order valence-electron chi connectivity index (χ0n) is 12.8. The number of ether oxygens (including phenoxy) is 3. The lowest BCUT2D eigenvalue weighted by atomic mass is 10.0. The third-order valence-corrected chi connectivity index (χ3v) is 2.59. The van der Waals surface area contributed by atoms with Crippen molar-refractivity contribution in [2.75, 3.05) is 0 Å². The van der Waals surface area contributed by atoms with Gasteiger partial charge in [-0.1, -0.05) is 13.3 Å². The van der Waals surface area contributed by atoms with E-state index >= 15 is 0 Å². The summed E-state index contributed by atoms with van der Waals surface area (Å²) in [6.07, 6.45) is -1.05. The van der Waals surface area contributed by atoms with Gasteiger partial charge in [-0.05, 0) is 12.8 Å². The monoisotopic (exact) mass is 302 g/mol. The molecule has 0 heterocycles. The maximum Gasteiger partial charge on any atom is 0.303 e. The zero-order chi connectivity index (χ0) is 16.4. The molecule has 0 fully saturated rings. The summed E-state index contributed by atoms with van der Waals surface area (Å²) in [6.45, 7) is 5.45. The topological polar surface area (TPSA) is 96.0 Å². The Morgan fingerprint density at radius 2 is 1.48 bits per heavy atom. The number of carbonyl (C=O) groups excluding carboxylic acids is 4. The molecule has 0 spiro atoms. The molecule has 0 aromatic rings. The fourth-order valence-electron chi connectivity index (χ4n) is 1.82. The van der Waals surface area contributed by atoms with E-state index in [1.807, 2.05) is 6.92 Å². The van der Waals surface area contributed by atoms with E-state index in [1.54, 1.807) is 0 Å². The molecular weight excluding hydrogens is 280 g/mol. The minimum Gasteiger partial charge on any atom is -0.458 e. The van der Waals surface area contributed by atoms with Crippen LogP contribution in [0.3, 0.4) is 0 Å². The molecule has 0 amide bonds. The highest BCUT2D eigenvalue weighted by atomic mass is 16.6. The van der Waals surface area contributed by atoms with Crippen molar-refractivity contribution >= 4 is 24.2 Å². The largest absolute Gasteiger partial charge is 0.458 e. The molecule has 120 valence electrons. The van der Waals surface area contributed by atoms with E-state index < -0.39 is 36.2 Å². The normalized spacial score (nSPS) is 14.5. The average molecular weight is 302 g/mol. The molecule has 0 N–H and O–H groups in total. The fourth-order valence-corrected chi connectivity index (χ4v) is 1.82. The van der Waals surface area contributed by atoms with E-state index in [0.29, 0.717) is 19.1 Å². The molecule has 0 unspecified atom stereocenters. The van der Waals surface area contributed by atoms with Gasteiger partial charge in [0, 0.05) is 20.8 Å². The van der Waals surface area contributed by atoms with Crippen molar-refractivity contribution in [3.63, 3.8) is 0 Å². The predicted molar refractivity (Wildman–Crippen MR) is 72.3 cm³/mol. The predicted octanol–water partition coefficient (Wildman–Crippen LogP) is 1.17. The van der Waals surface area contributed by atoms with Crippen LogP contribution in [-0.4, -0.2) is 42.5 Å². The third kappa shape index (κ3) is 8.06. The molecular formula is C14H22O7. The van der Waals surface area contributed by atoms with Crippen LogP contribution in [0.15, 0.2) is 0 Å². The summed E-state index contributed by atoms with van der Waals surface area (Å²) in [4.78, 5) is 44.5. The number of esters is 3. The fraction of sp³-hybridized carbons (Fsp3) is 0.714. The van der Waals surface area contributed by atoms with E-state index in [4.69, 9.17) is 14.2 Å². The summed E-state index contributed by atoms with van der Waals surface area (Å²) in [6, 6.07) is 0. The Morgan fingerprint density at radius 3 is 1.86 bits per heavy atom. The molecule has 0 aliphatic heterocycles. The molecule has 0 radical (unpaired) electrons. The Balaban J connectivity index is 5.24. The first-order chi connectivity index (χ1) is 9.81. The highest BCUT2D eigenvalue weighted by Gasteiger charge is 2.36. The van der Waals surface area contributed by atoms with Gasteiger partial charge in [0.2, 0.25) is 0 Å². The second-order valence-electron chi connectivity index (χ2n) is 4.57. The van der Waals surface area contributed by atoms with Crippen molar-refractivity contribution < 1.29 is 33.4 Å². The Labute approximate surface area is 123 Å². The van der Waals surface area contributed by atoms with Crippen molar-refractivity contribution in [1.29, 1.82) is 0 Å². The Bertz CT molecular complexity index is 378. The molecule has 21 heavy (non-hydrogen) atoms. The van der Waals surface area contributed by atoms with Crippen LogP contribution in [0.2, 0.25) is 0 Å². The van der Waals surface area contributed by atoms with E-state index in [1.165, 1.54) is 6.92 Å². The molecule has 7 heteroatoms. The number of hydrogen-bond donors (Lipinski definition) is 0. The van der Waals surface area contributed by atoms with Gasteiger partial charge in [0.25, 0.3) is 0 Å². The maximum atomic E-state index is 11.2. The second kappa shape index (κ2) is 9.90. The van der Waals surface area contributed by atoms with Gasteiger partial charge in [-0.25, -0.2) is 0 Å². The van der Waals surface area contributed by atoms with Gasteiger partial charge in [0.15, 0.2) is 18.5 Å². The van der Waals surface area contributed by atoms with Gasteiger partial charge in [-0.15, -0.1) is 0 Å². The summed E-state index contributed by atoms with van der Waals surface area (Å²) >= 11 is 0. The number of aldehydes is 1. The number of carbonyl (C=O) groups is 4. The number of unbranched alkanes of at least 4 members (excludes halogenated alkanes) is 1. The highest BCUT2D eigenvalue weighted by molar-refractivity contribution is 5.72. The minimum absolute atomic E-state index is 0.359. The van der Waals surface area contributed by atoms with Crippen molar-refractivity contribution in [2.45, 2.75) is 65.3 Å². The minimum atomic E-state index is -1.31. The van der Waals surface area contributed by atoms with Crippen molar-refractivity contribution in [2.24, 2.45) is 0 Å². The summed E-state index contributed by atoms with van der Waals surface area (Å²) < 4.78 is 15.0. The van der Waals surface area contributed by atoms with Crippen molar-refractivity contribution in [3.05, 3.63) is 0 Å². The van der Waals surface area contributed by atoms with E-state index in [9.17, 15) is 19.2 Å². The van der Waals surface area contributed by atoms with Crippen LogP contribution < -0.4 is 0 Å². The van der Waals surface area contributed by atoms with Gasteiger partial charge in [0.1, 0.15) is 6.10 Å². The molecule has 0 aliphatic carbocycles. The summed E-state index contributed by atoms with van der Waals surface area (Å²) in [7, 11) is 0. The molecule has 7 nitrogen and oxygen atoms in total. The van der Waals surface area contributed by atoms with E-state index in [2.05, 4.69) is 0 Å². The van der Waals surface area contributed by atoms with Gasteiger partial charge in [0.05, 0.1) is 0 Å². The number of hydrogen-bond acceptors (Lipinski definition) is 7. The van der Waals surface area contributed by atoms with Crippen LogP contribution in [0, 0.1) is 0 Å². The average Bonchev–Trinajstić information content (AvgIpc) is 2.37. The molecule has 3 atom stereocenters. The highest BCUT2D eigenvalue weighted by Crippen LogP contribution is 2.18. The summed E-state index contributed by atoms with van der Waals surface area (Å²) in [5, 5.41) is 0. The van der Waals surface area contributed by atoms with Crippen LogP contribution >= 0.6 is 0 Å². The maximum absolute atomic E-state index is 11.2. The van der Waals surface area contributed by atoms with Crippen LogP contribution in [0.25, 0.3) is 0 Å².